The Kier molecular flexibility index (Phi) is 9.66. The standard InChI is InChI=1S/C67H46N2/c1-6-20-51(21-7-1)66(52-22-8-2-9-23-52,53-24-10-3-11-25-53)56-36-40-59-58-39-34-49(44-62(58)67(63(59)45-56,54-26-12-4-13-27-54)55-28-14-5-15-29-55)48-35-41-65-61(43-48)60-30-16-17-31-64(60)69(65)57-37-32-47(33-38-57)50-19-18-42-68-46-50/h1-46H. The van der Waals surface area contributed by atoms with Crippen LogP contribution in [0, 0.1) is 0 Å². The molecule has 0 bridgehead atoms. The SMILES string of the molecule is c1ccc(C(c2ccccc2)(c2ccccc2)c2ccc3c(c2)C(c2ccccc2)(c2ccccc2)c2cc(-c4ccc5c(c4)c4ccccc4n5-c4ccc(-c5cccnc5)cc4)ccc2-3)cc1. The van der Waals surface area contributed by atoms with Gasteiger partial charge in [0.2, 0.25) is 0 Å². The Hall–Kier alpha value is -8.85. The average molecular weight is 879 g/mol. The maximum atomic E-state index is 4.35. The molecule has 13 rings (SSSR count). The van der Waals surface area contributed by atoms with Crippen molar-refractivity contribution >= 4 is 21.8 Å². The molecule has 0 N–H and O–H groups in total. The van der Waals surface area contributed by atoms with Gasteiger partial charge in [0.1, 0.15) is 0 Å². The molecule has 0 fully saturated rings. The van der Waals surface area contributed by atoms with E-state index in [1.165, 1.54) is 88.6 Å². The van der Waals surface area contributed by atoms with E-state index >= 15 is 0 Å². The molecule has 0 saturated carbocycles. The molecule has 69 heavy (non-hydrogen) atoms. The second-order valence-corrected chi connectivity index (χ2v) is 18.2. The zero-order valence-corrected chi connectivity index (χ0v) is 38.0. The van der Waals surface area contributed by atoms with Crippen molar-refractivity contribution in [2.75, 3.05) is 0 Å². The highest BCUT2D eigenvalue weighted by molar-refractivity contribution is 6.10. The van der Waals surface area contributed by atoms with Crippen LogP contribution in [0.2, 0.25) is 0 Å². The second-order valence-electron chi connectivity index (χ2n) is 18.2. The van der Waals surface area contributed by atoms with E-state index < -0.39 is 10.8 Å². The molecule has 1 aliphatic carbocycles. The van der Waals surface area contributed by atoms with Gasteiger partial charge < -0.3 is 4.57 Å². The minimum Gasteiger partial charge on any atom is -0.309 e. The van der Waals surface area contributed by atoms with Crippen molar-refractivity contribution in [3.63, 3.8) is 0 Å². The zero-order chi connectivity index (χ0) is 45.8. The van der Waals surface area contributed by atoms with Gasteiger partial charge in [-0.15, -0.1) is 0 Å². The number of para-hydroxylation sites is 1. The van der Waals surface area contributed by atoms with Crippen molar-refractivity contribution in [3.05, 3.63) is 324 Å². The molecular weight excluding hydrogens is 833 g/mol. The summed E-state index contributed by atoms with van der Waals surface area (Å²) in [6.07, 6.45) is 3.74. The minimum absolute atomic E-state index is 0.603. The van der Waals surface area contributed by atoms with Crippen molar-refractivity contribution in [2.45, 2.75) is 10.8 Å². The highest BCUT2D eigenvalue weighted by Crippen LogP contribution is 2.58. The summed E-state index contributed by atoms with van der Waals surface area (Å²) >= 11 is 0. The van der Waals surface area contributed by atoms with Crippen LogP contribution in [0.3, 0.4) is 0 Å². The summed E-state index contributed by atoms with van der Waals surface area (Å²) in [5.74, 6) is 0. The zero-order valence-electron chi connectivity index (χ0n) is 38.0. The summed E-state index contributed by atoms with van der Waals surface area (Å²) in [6.45, 7) is 0. The van der Waals surface area contributed by atoms with Gasteiger partial charge >= 0.3 is 0 Å². The highest BCUT2D eigenvalue weighted by Gasteiger charge is 2.48. The van der Waals surface area contributed by atoms with E-state index in [0.717, 1.165) is 16.8 Å². The molecule has 2 aromatic heterocycles. The van der Waals surface area contributed by atoms with E-state index in [0.29, 0.717) is 0 Å². The van der Waals surface area contributed by atoms with E-state index in [-0.39, 0.29) is 0 Å². The van der Waals surface area contributed by atoms with Crippen LogP contribution in [0.5, 0.6) is 0 Å². The van der Waals surface area contributed by atoms with Crippen molar-refractivity contribution in [3.8, 4) is 39.1 Å². The third-order valence-corrected chi connectivity index (χ3v) is 14.7. The van der Waals surface area contributed by atoms with Crippen LogP contribution >= 0.6 is 0 Å². The quantitative estimate of drug-likeness (QED) is 0.132. The van der Waals surface area contributed by atoms with Crippen LogP contribution < -0.4 is 0 Å². The first-order chi connectivity index (χ1) is 34.2. The van der Waals surface area contributed by atoms with Gasteiger partial charge in [-0.05, 0) is 120 Å². The van der Waals surface area contributed by atoms with Crippen molar-refractivity contribution in [2.24, 2.45) is 0 Å². The lowest BCUT2D eigenvalue weighted by molar-refractivity contribution is 0.729. The first-order valence-corrected chi connectivity index (χ1v) is 23.8. The molecule has 1 aliphatic rings. The molecule has 0 radical (unpaired) electrons. The lowest BCUT2D eigenvalue weighted by Crippen LogP contribution is -2.33. The fraction of sp³-hybridized carbons (Fsp3) is 0.0299. The first-order valence-electron chi connectivity index (χ1n) is 23.8. The summed E-state index contributed by atoms with van der Waals surface area (Å²) in [7, 11) is 0. The molecule has 0 unspecified atom stereocenters. The van der Waals surface area contributed by atoms with E-state index in [1.807, 2.05) is 18.5 Å². The molecule has 0 amide bonds. The van der Waals surface area contributed by atoms with Crippen LogP contribution in [0.1, 0.15) is 44.5 Å². The van der Waals surface area contributed by atoms with Crippen LogP contribution in [0.25, 0.3) is 60.9 Å². The lowest BCUT2D eigenvalue weighted by Gasteiger charge is -2.39. The molecular formula is C67H46N2. The van der Waals surface area contributed by atoms with Gasteiger partial charge in [0.05, 0.1) is 21.9 Å². The number of pyridine rings is 1. The number of aromatic nitrogens is 2. The predicted octanol–water partition coefficient (Wildman–Crippen LogP) is 16.3. The van der Waals surface area contributed by atoms with Crippen LogP contribution in [-0.4, -0.2) is 9.55 Å². The number of benzene rings is 10. The van der Waals surface area contributed by atoms with Crippen LogP contribution in [0.15, 0.2) is 279 Å². The molecule has 2 heteroatoms. The fourth-order valence-electron chi connectivity index (χ4n) is 11.7. The third kappa shape index (κ3) is 6.30. The Morgan fingerprint density at radius 2 is 0.826 bits per heavy atom. The Morgan fingerprint density at radius 1 is 0.333 bits per heavy atom. The normalized spacial score (nSPS) is 12.8. The molecule has 324 valence electrons. The molecule has 0 saturated heterocycles. The molecule has 10 aromatic carbocycles. The Bertz CT molecular complexity index is 3650. The van der Waals surface area contributed by atoms with Crippen LogP contribution in [-0.2, 0) is 10.8 Å². The van der Waals surface area contributed by atoms with Gasteiger partial charge in [-0.2, -0.15) is 0 Å². The Labute approximate surface area is 403 Å². The van der Waals surface area contributed by atoms with Gasteiger partial charge in [-0.3, -0.25) is 4.98 Å². The first kappa shape index (κ1) is 40.4. The largest absolute Gasteiger partial charge is 0.309 e. The lowest BCUT2D eigenvalue weighted by atomic mass is 9.63. The van der Waals surface area contributed by atoms with Gasteiger partial charge in [0, 0.05) is 28.9 Å². The van der Waals surface area contributed by atoms with E-state index in [2.05, 4.69) is 270 Å². The summed E-state index contributed by atoms with van der Waals surface area (Å²) in [5.41, 5.74) is 19.3. The van der Waals surface area contributed by atoms with Crippen molar-refractivity contribution in [1.29, 1.82) is 0 Å². The molecule has 0 spiro atoms. The Morgan fingerprint density at radius 3 is 1.42 bits per heavy atom. The van der Waals surface area contributed by atoms with Gasteiger partial charge in [0.25, 0.3) is 0 Å². The monoisotopic (exact) mass is 878 g/mol. The maximum Gasteiger partial charge on any atom is 0.0713 e. The van der Waals surface area contributed by atoms with Crippen LogP contribution in [0.4, 0.5) is 0 Å². The average Bonchev–Trinajstić information content (AvgIpc) is 3.92. The van der Waals surface area contributed by atoms with E-state index in [9.17, 15) is 0 Å². The molecule has 2 heterocycles. The van der Waals surface area contributed by atoms with Gasteiger partial charge in [0.15, 0.2) is 0 Å². The van der Waals surface area contributed by atoms with Crippen molar-refractivity contribution < 1.29 is 0 Å². The number of hydrogen-bond donors (Lipinski definition) is 0. The number of fused-ring (bicyclic) bond motifs is 6. The maximum absolute atomic E-state index is 4.35. The van der Waals surface area contributed by atoms with Gasteiger partial charge in [-0.1, -0.05) is 224 Å². The summed E-state index contributed by atoms with van der Waals surface area (Å²) in [5, 5.41) is 2.46. The van der Waals surface area contributed by atoms with E-state index in [4.69, 9.17) is 0 Å². The molecule has 0 aliphatic heterocycles. The minimum atomic E-state index is -0.628. The number of hydrogen-bond acceptors (Lipinski definition) is 1. The third-order valence-electron chi connectivity index (χ3n) is 14.7. The van der Waals surface area contributed by atoms with Crippen molar-refractivity contribution in [1.82, 2.24) is 9.55 Å². The number of nitrogens with zero attached hydrogens (tertiary/aromatic N) is 2. The molecule has 0 atom stereocenters. The predicted molar refractivity (Wildman–Crippen MR) is 285 cm³/mol. The van der Waals surface area contributed by atoms with E-state index in [1.54, 1.807) is 0 Å². The fourth-order valence-corrected chi connectivity index (χ4v) is 11.7. The smallest absolute Gasteiger partial charge is 0.0713 e. The molecule has 12 aromatic rings. The highest BCUT2D eigenvalue weighted by atomic mass is 15.0. The summed E-state index contributed by atoms with van der Waals surface area (Å²) in [4.78, 5) is 4.35. The topological polar surface area (TPSA) is 17.8 Å². The number of rotatable bonds is 9. The van der Waals surface area contributed by atoms with Gasteiger partial charge in [-0.25, -0.2) is 0 Å². The second kappa shape index (κ2) is 16.5. The Balaban J connectivity index is 1.03. The molecule has 2 nitrogen and oxygen atoms in total. The summed E-state index contributed by atoms with van der Waals surface area (Å²) < 4.78 is 2.40. The summed E-state index contributed by atoms with van der Waals surface area (Å²) in [6, 6.07) is 98.9.